The van der Waals surface area contributed by atoms with Crippen LogP contribution in [0.25, 0.3) is 5.69 Å². The summed E-state index contributed by atoms with van der Waals surface area (Å²) in [7, 11) is 0. The first-order valence-electron chi connectivity index (χ1n) is 8.15. The van der Waals surface area contributed by atoms with Crippen LogP contribution in [-0.2, 0) is 9.53 Å². The summed E-state index contributed by atoms with van der Waals surface area (Å²) in [6.07, 6.45) is 2.73. The molecule has 1 aromatic heterocycles. The van der Waals surface area contributed by atoms with Gasteiger partial charge < -0.3 is 14.6 Å². The first-order chi connectivity index (χ1) is 13.0. The average molecular weight is 403 g/mol. The molecular formula is C20H16Cl2N2O3. The van der Waals surface area contributed by atoms with Crippen molar-refractivity contribution in [3.63, 3.8) is 0 Å². The number of rotatable bonds is 5. The third-order valence-corrected chi connectivity index (χ3v) is 4.67. The third kappa shape index (κ3) is 4.51. The molecule has 0 aliphatic heterocycles. The molecule has 5 nitrogen and oxygen atoms in total. The average Bonchev–Trinajstić information content (AvgIpc) is 3.20. The Morgan fingerprint density at radius 1 is 1.04 bits per heavy atom. The Hall–Kier alpha value is -2.76. The van der Waals surface area contributed by atoms with Crippen molar-refractivity contribution in [3.8, 4) is 5.69 Å². The van der Waals surface area contributed by atoms with Gasteiger partial charge in [-0.1, -0.05) is 35.3 Å². The van der Waals surface area contributed by atoms with E-state index in [9.17, 15) is 9.59 Å². The molecule has 7 heteroatoms. The Labute approximate surface area is 166 Å². The summed E-state index contributed by atoms with van der Waals surface area (Å²) in [6.45, 7) is 1.49. The first kappa shape index (κ1) is 19.0. The molecule has 2 aromatic carbocycles. The smallest absolute Gasteiger partial charge is 0.338 e. The number of nitrogens with zero attached hydrogens (tertiary/aromatic N) is 1. The van der Waals surface area contributed by atoms with E-state index in [2.05, 4.69) is 5.32 Å². The number of benzene rings is 2. The molecule has 27 heavy (non-hydrogen) atoms. The minimum Gasteiger partial charge on any atom is -0.449 e. The van der Waals surface area contributed by atoms with Crippen molar-refractivity contribution >= 4 is 40.8 Å². The van der Waals surface area contributed by atoms with E-state index in [0.29, 0.717) is 16.3 Å². The zero-order valence-corrected chi connectivity index (χ0v) is 15.9. The fraction of sp³-hybridized carbons (Fsp3) is 0.100. The topological polar surface area (TPSA) is 60.3 Å². The Bertz CT molecular complexity index is 971. The molecule has 1 atom stereocenters. The summed E-state index contributed by atoms with van der Waals surface area (Å²) in [5.74, 6) is -1.10. The number of esters is 1. The fourth-order valence-electron chi connectivity index (χ4n) is 2.42. The van der Waals surface area contributed by atoms with Gasteiger partial charge in [-0.05, 0) is 49.4 Å². The van der Waals surface area contributed by atoms with Gasteiger partial charge in [0.1, 0.15) is 0 Å². The number of aromatic nitrogens is 1. The van der Waals surface area contributed by atoms with Gasteiger partial charge in [-0.3, -0.25) is 4.79 Å². The minimum atomic E-state index is -1.01. The zero-order valence-electron chi connectivity index (χ0n) is 14.4. The van der Waals surface area contributed by atoms with Crippen LogP contribution in [0, 0.1) is 0 Å². The lowest BCUT2D eigenvalue weighted by atomic mass is 10.2. The molecule has 3 aromatic rings. The Balaban J connectivity index is 1.67. The number of anilines is 1. The van der Waals surface area contributed by atoms with Crippen molar-refractivity contribution < 1.29 is 14.3 Å². The maximum atomic E-state index is 12.4. The van der Waals surface area contributed by atoms with Crippen LogP contribution in [0.2, 0.25) is 10.0 Å². The van der Waals surface area contributed by atoms with Crippen molar-refractivity contribution in [1.82, 2.24) is 4.57 Å². The molecule has 138 valence electrons. The summed E-state index contributed by atoms with van der Waals surface area (Å²) in [4.78, 5) is 24.7. The molecule has 0 aliphatic carbocycles. The van der Waals surface area contributed by atoms with Crippen molar-refractivity contribution in [3.05, 3.63) is 82.6 Å². The molecule has 0 bridgehead atoms. The molecule has 1 unspecified atom stereocenters. The summed E-state index contributed by atoms with van der Waals surface area (Å²) in [5, 5.41) is 3.15. The van der Waals surface area contributed by atoms with Crippen LogP contribution in [-0.4, -0.2) is 22.5 Å². The lowest BCUT2D eigenvalue weighted by Gasteiger charge is -2.15. The Morgan fingerprint density at radius 2 is 1.74 bits per heavy atom. The Morgan fingerprint density at radius 3 is 2.48 bits per heavy atom. The second kappa shape index (κ2) is 8.29. The molecule has 0 saturated heterocycles. The van der Waals surface area contributed by atoms with Crippen molar-refractivity contribution in [1.29, 1.82) is 0 Å². The normalized spacial score (nSPS) is 11.7. The number of halogens is 2. The highest BCUT2D eigenvalue weighted by Crippen LogP contribution is 2.29. The number of carbonyl (C=O) groups is 2. The number of nitrogens with one attached hydrogen (secondary N) is 1. The van der Waals surface area contributed by atoms with Gasteiger partial charge in [0, 0.05) is 18.1 Å². The van der Waals surface area contributed by atoms with Gasteiger partial charge in [0.05, 0.1) is 21.3 Å². The molecule has 0 saturated carbocycles. The number of amides is 1. The number of hydrogen-bond acceptors (Lipinski definition) is 3. The predicted molar refractivity (Wildman–Crippen MR) is 106 cm³/mol. The molecule has 1 amide bonds. The van der Waals surface area contributed by atoms with Crippen LogP contribution >= 0.6 is 23.2 Å². The number of carbonyl (C=O) groups excluding carboxylic acids is 2. The fourth-order valence-corrected chi connectivity index (χ4v) is 2.76. The number of ether oxygens (including phenoxy) is 1. The molecule has 0 radical (unpaired) electrons. The van der Waals surface area contributed by atoms with Crippen LogP contribution < -0.4 is 5.32 Å². The second-order valence-corrected chi connectivity index (χ2v) is 6.56. The first-order valence-corrected chi connectivity index (χ1v) is 8.90. The van der Waals surface area contributed by atoms with E-state index in [1.54, 1.807) is 36.4 Å². The van der Waals surface area contributed by atoms with E-state index in [0.717, 1.165) is 5.69 Å². The molecule has 0 fully saturated rings. The van der Waals surface area contributed by atoms with E-state index in [-0.39, 0.29) is 5.02 Å². The van der Waals surface area contributed by atoms with E-state index in [1.165, 1.54) is 6.92 Å². The van der Waals surface area contributed by atoms with Crippen molar-refractivity contribution in [2.45, 2.75) is 13.0 Å². The summed E-state index contributed by atoms with van der Waals surface area (Å²) in [6, 6.07) is 15.6. The highest BCUT2D eigenvalue weighted by atomic mass is 35.5. The van der Waals surface area contributed by atoms with Crippen molar-refractivity contribution in [2.75, 3.05) is 5.32 Å². The van der Waals surface area contributed by atoms with E-state index >= 15 is 0 Å². The van der Waals surface area contributed by atoms with E-state index in [4.69, 9.17) is 27.9 Å². The van der Waals surface area contributed by atoms with Crippen LogP contribution in [0.15, 0.2) is 67.0 Å². The maximum absolute atomic E-state index is 12.4. The minimum absolute atomic E-state index is 0.227. The van der Waals surface area contributed by atoms with Crippen LogP contribution in [0.3, 0.4) is 0 Å². The van der Waals surface area contributed by atoms with Gasteiger partial charge in [-0.15, -0.1) is 0 Å². The largest absolute Gasteiger partial charge is 0.449 e. The van der Waals surface area contributed by atoms with Gasteiger partial charge >= 0.3 is 5.97 Å². The molecule has 0 aliphatic rings. The van der Waals surface area contributed by atoms with Gasteiger partial charge in [0.2, 0.25) is 0 Å². The number of hydrogen-bond donors (Lipinski definition) is 1. The molecular weight excluding hydrogens is 387 g/mol. The standard InChI is InChI=1S/C20H16Cl2N2O3/c1-13(19(25)23-17-9-5-8-16(21)18(17)22)27-20(26)14-6-4-7-15(12-14)24-10-2-3-11-24/h2-13H,1H3,(H,23,25). The molecule has 1 heterocycles. The quantitative estimate of drug-likeness (QED) is 0.612. The van der Waals surface area contributed by atoms with E-state index < -0.39 is 18.0 Å². The van der Waals surface area contributed by atoms with Gasteiger partial charge in [-0.25, -0.2) is 4.79 Å². The highest BCUT2D eigenvalue weighted by molar-refractivity contribution is 6.44. The SMILES string of the molecule is CC(OC(=O)c1cccc(-n2cccc2)c1)C(=O)Nc1cccc(Cl)c1Cl. The van der Waals surface area contributed by atoms with Crippen LogP contribution in [0.1, 0.15) is 17.3 Å². The van der Waals surface area contributed by atoms with E-state index in [1.807, 2.05) is 35.2 Å². The summed E-state index contributed by atoms with van der Waals surface area (Å²) in [5.41, 5.74) is 1.52. The zero-order chi connectivity index (χ0) is 19.4. The molecule has 1 N–H and O–H groups in total. The van der Waals surface area contributed by atoms with Gasteiger partial charge in [0.15, 0.2) is 6.10 Å². The van der Waals surface area contributed by atoms with Crippen LogP contribution in [0.4, 0.5) is 5.69 Å². The summed E-state index contributed by atoms with van der Waals surface area (Å²) < 4.78 is 7.15. The van der Waals surface area contributed by atoms with Crippen molar-refractivity contribution in [2.24, 2.45) is 0 Å². The lowest BCUT2D eigenvalue weighted by Crippen LogP contribution is -2.30. The van der Waals surface area contributed by atoms with Crippen LogP contribution in [0.5, 0.6) is 0 Å². The lowest BCUT2D eigenvalue weighted by molar-refractivity contribution is -0.123. The monoisotopic (exact) mass is 402 g/mol. The summed E-state index contributed by atoms with van der Waals surface area (Å²) >= 11 is 12.0. The second-order valence-electron chi connectivity index (χ2n) is 5.78. The molecule has 0 spiro atoms. The third-order valence-electron chi connectivity index (χ3n) is 3.85. The predicted octanol–water partition coefficient (Wildman–Crippen LogP) is 4.97. The highest BCUT2D eigenvalue weighted by Gasteiger charge is 2.20. The van der Waals surface area contributed by atoms with Gasteiger partial charge in [-0.2, -0.15) is 0 Å². The molecule has 3 rings (SSSR count). The maximum Gasteiger partial charge on any atom is 0.338 e. The van der Waals surface area contributed by atoms with Gasteiger partial charge in [0.25, 0.3) is 5.91 Å². The Kier molecular flexibility index (Phi) is 5.84.